The highest BCUT2D eigenvalue weighted by molar-refractivity contribution is 7.89. The lowest BCUT2D eigenvalue weighted by Crippen LogP contribution is -2.39. The first-order chi connectivity index (χ1) is 12.6. The lowest BCUT2D eigenvalue weighted by Gasteiger charge is -2.19. The topological polar surface area (TPSA) is 79.4 Å². The quantitative estimate of drug-likeness (QED) is 0.788. The summed E-state index contributed by atoms with van der Waals surface area (Å²) in [6, 6.07) is 10.5. The van der Waals surface area contributed by atoms with Crippen LogP contribution < -0.4 is 4.72 Å². The molecule has 0 aliphatic rings. The Kier molecular flexibility index (Phi) is 6.73. The third-order valence-electron chi connectivity index (χ3n) is 4.36. The minimum atomic E-state index is -3.72. The van der Waals surface area contributed by atoms with Gasteiger partial charge in [0.1, 0.15) is 0 Å². The van der Waals surface area contributed by atoms with E-state index in [0.29, 0.717) is 13.0 Å². The monoisotopic (exact) mass is 389 g/mol. The summed E-state index contributed by atoms with van der Waals surface area (Å²) in [5.41, 5.74) is 2.07. The van der Waals surface area contributed by atoms with E-state index in [9.17, 15) is 13.2 Å². The number of pyridine rings is 1. The van der Waals surface area contributed by atoms with E-state index >= 15 is 0 Å². The number of rotatable bonds is 7. The number of likely N-dealkylation sites (N-methyl/N-ethyl adjacent to an activating group) is 1. The molecule has 146 valence electrons. The molecule has 0 saturated carbocycles. The standard InChI is InChI=1S/C20H27N3O3S/c1-20(2,3)17-5-7-18(8-6-17)27(25,26)22-15-19(24)23(4)14-11-16-9-12-21-13-10-16/h5-10,12-13,22H,11,14-15H2,1-4H3. The lowest BCUT2D eigenvalue weighted by molar-refractivity contribution is -0.128. The zero-order chi connectivity index (χ0) is 20.1. The molecule has 0 aliphatic heterocycles. The molecule has 6 nitrogen and oxygen atoms in total. The highest BCUT2D eigenvalue weighted by atomic mass is 32.2. The average Bonchev–Trinajstić information content (AvgIpc) is 2.64. The van der Waals surface area contributed by atoms with Gasteiger partial charge in [0.15, 0.2) is 0 Å². The fourth-order valence-electron chi connectivity index (χ4n) is 2.48. The maximum Gasteiger partial charge on any atom is 0.241 e. The second kappa shape index (κ2) is 8.63. The van der Waals surface area contributed by atoms with Crippen LogP contribution in [0.5, 0.6) is 0 Å². The average molecular weight is 390 g/mol. The van der Waals surface area contributed by atoms with Crippen LogP contribution in [0.2, 0.25) is 0 Å². The molecular weight excluding hydrogens is 362 g/mol. The number of nitrogens with zero attached hydrogens (tertiary/aromatic N) is 2. The van der Waals surface area contributed by atoms with Crippen LogP contribution in [0.4, 0.5) is 0 Å². The zero-order valence-corrected chi connectivity index (χ0v) is 17.1. The lowest BCUT2D eigenvalue weighted by atomic mass is 9.87. The number of nitrogens with one attached hydrogen (secondary N) is 1. The van der Waals surface area contributed by atoms with Gasteiger partial charge in [-0.15, -0.1) is 0 Å². The molecule has 27 heavy (non-hydrogen) atoms. The predicted molar refractivity (Wildman–Crippen MR) is 106 cm³/mol. The van der Waals surface area contributed by atoms with Crippen LogP contribution in [0.1, 0.15) is 31.9 Å². The fourth-order valence-corrected chi connectivity index (χ4v) is 3.45. The molecule has 1 heterocycles. The third-order valence-corrected chi connectivity index (χ3v) is 5.77. The first-order valence-electron chi connectivity index (χ1n) is 8.83. The van der Waals surface area contributed by atoms with E-state index in [1.165, 1.54) is 4.90 Å². The molecule has 1 aromatic carbocycles. The van der Waals surface area contributed by atoms with Crippen molar-refractivity contribution >= 4 is 15.9 Å². The predicted octanol–water partition coefficient (Wildman–Crippen LogP) is 2.36. The highest BCUT2D eigenvalue weighted by Crippen LogP contribution is 2.23. The van der Waals surface area contributed by atoms with Crippen LogP contribution in [-0.2, 0) is 26.7 Å². The first-order valence-corrected chi connectivity index (χ1v) is 10.3. The molecule has 0 spiro atoms. The normalized spacial score (nSPS) is 12.0. The molecule has 1 amide bonds. The van der Waals surface area contributed by atoms with Gasteiger partial charge in [-0.2, -0.15) is 0 Å². The number of carbonyl (C=O) groups is 1. The second-order valence-electron chi connectivity index (χ2n) is 7.52. The summed E-state index contributed by atoms with van der Waals surface area (Å²) < 4.78 is 27.2. The summed E-state index contributed by atoms with van der Waals surface area (Å²) in [6.45, 7) is 6.43. The molecule has 0 aliphatic carbocycles. The van der Waals surface area contributed by atoms with Crippen LogP contribution in [0.3, 0.4) is 0 Å². The van der Waals surface area contributed by atoms with Gasteiger partial charge < -0.3 is 4.90 Å². The molecule has 0 saturated heterocycles. The number of hydrogen-bond acceptors (Lipinski definition) is 4. The van der Waals surface area contributed by atoms with Gasteiger partial charge in [0.2, 0.25) is 15.9 Å². The Labute approximate surface area is 161 Å². The SMILES string of the molecule is CN(CCc1ccncc1)C(=O)CNS(=O)(=O)c1ccc(C(C)(C)C)cc1. The number of sulfonamides is 1. The van der Waals surface area contributed by atoms with Gasteiger partial charge in [0.25, 0.3) is 0 Å². The van der Waals surface area contributed by atoms with Crippen LogP contribution in [-0.4, -0.2) is 44.3 Å². The summed E-state index contributed by atoms with van der Waals surface area (Å²) in [5, 5.41) is 0. The van der Waals surface area contributed by atoms with E-state index in [4.69, 9.17) is 0 Å². The van der Waals surface area contributed by atoms with Crippen molar-refractivity contribution < 1.29 is 13.2 Å². The van der Waals surface area contributed by atoms with E-state index in [2.05, 4.69) is 30.5 Å². The van der Waals surface area contributed by atoms with Gasteiger partial charge >= 0.3 is 0 Å². The van der Waals surface area contributed by atoms with Crippen molar-refractivity contribution in [2.24, 2.45) is 0 Å². The van der Waals surface area contributed by atoms with E-state index in [0.717, 1.165) is 11.1 Å². The summed E-state index contributed by atoms with van der Waals surface area (Å²) in [7, 11) is -2.06. The van der Waals surface area contributed by atoms with E-state index in [1.807, 2.05) is 12.1 Å². The Morgan fingerprint density at radius 2 is 1.67 bits per heavy atom. The molecule has 1 N–H and O–H groups in total. The summed E-state index contributed by atoms with van der Waals surface area (Å²) in [6.07, 6.45) is 4.10. The highest BCUT2D eigenvalue weighted by Gasteiger charge is 2.19. The molecule has 2 aromatic rings. The number of amides is 1. The Bertz CT molecular complexity index is 858. The fraction of sp³-hybridized carbons (Fsp3) is 0.400. The van der Waals surface area contributed by atoms with Crippen molar-refractivity contribution in [3.8, 4) is 0 Å². The largest absolute Gasteiger partial charge is 0.344 e. The van der Waals surface area contributed by atoms with Crippen LogP contribution in [0.15, 0.2) is 53.7 Å². The maximum absolute atomic E-state index is 12.4. The van der Waals surface area contributed by atoms with Crippen molar-refractivity contribution in [3.05, 3.63) is 59.9 Å². The van der Waals surface area contributed by atoms with Crippen molar-refractivity contribution in [1.29, 1.82) is 0 Å². The van der Waals surface area contributed by atoms with Crippen molar-refractivity contribution in [2.45, 2.75) is 37.5 Å². The molecule has 0 fully saturated rings. The molecule has 0 radical (unpaired) electrons. The number of aromatic nitrogens is 1. The Morgan fingerprint density at radius 1 is 1.07 bits per heavy atom. The molecule has 0 bridgehead atoms. The smallest absolute Gasteiger partial charge is 0.241 e. The molecular formula is C20H27N3O3S. The second-order valence-corrected chi connectivity index (χ2v) is 9.29. The van der Waals surface area contributed by atoms with Gasteiger partial charge in [-0.3, -0.25) is 9.78 Å². The summed E-state index contributed by atoms with van der Waals surface area (Å²) in [5.74, 6) is -0.279. The Balaban J connectivity index is 1.90. The van der Waals surface area contributed by atoms with Crippen LogP contribution >= 0.6 is 0 Å². The third kappa shape index (κ3) is 6.15. The van der Waals surface area contributed by atoms with Crippen molar-refractivity contribution in [2.75, 3.05) is 20.1 Å². The zero-order valence-electron chi connectivity index (χ0n) is 16.3. The van der Waals surface area contributed by atoms with Gasteiger partial charge in [-0.1, -0.05) is 32.9 Å². The minimum absolute atomic E-state index is 0.0524. The number of benzene rings is 1. The van der Waals surface area contributed by atoms with E-state index < -0.39 is 10.0 Å². The first kappa shape index (κ1) is 21.1. The van der Waals surface area contributed by atoms with Gasteiger partial charge in [0.05, 0.1) is 11.4 Å². The van der Waals surface area contributed by atoms with Crippen molar-refractivity contribution in [3.63, 3.8) is 0 Å². The van der Waals surface area contributed by atoms with Crippen LogP contribution in [0.25, 0.3) is 0 Å². The van der Waals surface area contributed by atoms with Gasteiger partial charge in [-0.05, 0) is 47.2 Å². The summed E-state index contributed by atoms with van der Waals surface area (Å²) >= 11 is 0. The van der Waals surface area contributed by atoms with Crippen molar-refractivity contribution in [1.82, 2.24) is 14.6 Å². The number of hydrogen-bond donors (Lipinski definition) is 1. The Hall–Kier alpha value is -2.25. The van der Waals surface area contributed by atoms with Gasteiger partial charge in [-0.25, -0.2) is 13.1 Å². The minimum Gasteiger partial charge on any atom is -0.344 e. The number of carbonyl (C=O) groups excluding carboxylic acids is 1. The molecule has 0 unspecified atom stereocenters. The maximum atomic E-state index is 12.4. The van der Waals surface area contributed by atoms with Crippen LogP contribution in [0, 0.1) is 0 Å². The Morgan fingerprint density at radius 3 is 2.22 bits per heavy atom. The van der Waals surface area contributed by atoms with Gasteiger partial charge in [0, 0.05) is 26.0 Å². The van der Waals surface area contributed by atoms with E-state index in [-0.39, 0.29) is 22.8 Å². The summed E-state index contributed by atoms with van der Waals surface area (Å²) in [4.78, 5) is 17.8. The molecule has 2 rings (SSSR count). The molecule has 1 aromatic heterocycles. The van der Waals surface area contributed by atoms with E-state index in [1.54, 1.807) is 43.7 Å². The molecule has 0 atom stereocenters. The molecule has 7 heteroatoms.